The van der Waals surface area contributed by atoms with Gasteiger partial charge in [0.15, 0.2) is 6.10 Å². The Morgan fingerprint density at radius 1 is 0.711 bits per heavy atom. The molecule has 0 saturated heterocycles. The molecule has 0 heterocycles. The molecule has 0 bridgehead atoms. The number of esters is 1. The second-order valence-electron chi connectivity index (χ2n) is 11.5. The zero-order valence-electron chi connectivity index (χ0n) is 29.3. The maximum absolute atomic E-state index is 13.6. The maximum atomic E-state index is 13.6. The van der Waals surface area contributed by atoms with E-state index in [0.29, 0.717) is 27.8 Å². The number of alkyl halides is 3. The highest BCUT2D eigenvalue weighted by molar-refractivity contribution is 6.03. The zero-order chi connectivity index (χ0) is 35.0. The van der Waals surface area contributed by atoms with Gasteiger partial charge in [-0.15, -0.1) is 0 Å². The van der Waals surface area contributed by atoms with Crippen molar-refractivity contribution in [2.45, 2.75) is 108 Å². The lowest BCUT2D eigenvalue weighted by molar-refractivity contribution is -0.167. The molecule has 1 N–H and O–H groups in total. The fraction of sp³-hybridized carbons (Fsp3) is 0.459. The van der Waals surface area contributed by atoms with Gasteiger partial charge in [0, 0.05) is 11.1 Å². The van der Waals surface area contributed by atoms with E-state index in [-0.39, 0.29) is 11.3 Å². The Morgan fingerprint density at radius 3 is 1.53 bits per heavy atom. The topological polar surface area (TPSA) is 64.6 Å². The van der Waals surface area contributed by atoms with Crippen LogP contribution in [0.4, 0.5) is 18.9 Å². The second kappa shape index (κ2) is 16.1. The minimum atomic E-state index is -5.13. The van der Waals surface area contributed by atoms with Gasteiger partial charge in [-0.3, -0.25) is 4.79 Å². The van der Waals surface area contributed by atoms with Gasteiger partial charge in [0.1, 0.15) is 0 Å². The average molecular weight is 630 g/mol. The van der Waals surface area contributed by atoms with Crippen LogP contribution in [0.3, 0.4) is 0 Å². The average Bonchev–Trinajstić information content (AvgIpc) is 2.97. The summed E-state index contributed by atoms with van der Waals surface area (Å²) in [6.45, 7) is 24.5. The highest BCUT2D eigenvalue weighted by atomic mass is 19.4. The number of carbonyl (C=O) groups is 2. The molecule has 3 aromatic carbocycles. The lowest BCUT2D eigenvalue weighted by Crippen LogP contribution is -2.32. The molecule has 0 aliphatic heterocycles. The van der Waals surface area contributed by atoms with Crippen molar-refractivity contribution in [3.8, 4) is 22.3 Å². The van der Waals surface area contributed by atoms with E-state index in [1.165, 1.54) is 7.11 Å². The minimum absolute atomic E-state index is 0.0397. The Labute approximate surface area is 267 Å². The molecular weight excluding hydrogens is 579 g/mol. The number of anilines is 1. The number of carbonyl (C=O) groups excluding carboxylic acids is 2. The lowest BCUT2D eigenvalue weighted by Gasteiger charge is -2.32. The van der Waals surface area contributed by atoms with E-state index in [1.54, 1.807) is 34.6 Å². The molecule has 1 atom stereocenters. The van der Waals surface area contributed by atoms with Gasteiger partial charge >= 0.3 is 18.1 Å². The molecule has 3 rings (SSSR count). The number of benzene rings is 3. The zero-order valence-corrected chi connectivity index (χ0v) is 29.3. The number of amides is 1. The third kappa shape index (κ3) is 9.42. The highest BCUT2D eigenvalue weighted by Gasteiger charge is 2.41. The molecule has 5 nitrogen and oxygen atoms in total. The summed E-state index contributed by atoms with van der Waals surface area (Å²) >= 11 is 0. The Bertz CT molecular complexity index is 1500. The van der Waals surface area contributed by atoms with Crippen molar-refractivity contribution < 1.29 is 32.2 Å². The van der Waals surface area contributed by atoms with E-state index in [9.17, 15) is 22.8 Å². The number of hydrogen-bond donors (Lipinski definition) is 1. The number of methoxy groups -OCH3 is 1. The normalized spacial score (nSPS) is 11.8. The molecule has 0 radical (unpaired) electrons. The quantitative estimate of drug-likeness (QED) is 0.276. The first kappa shape index (κ1) is 39.4. The van der Waals surface area contributed by atoms with Crippen LogP contribution >= 0.6 is 0 Å². The van der Waals surface area contributed by atoms with Gasteiger partial charge in [-0.25, -0.2) is 4.79 Å². The van der Waals surface area contributed by atoms with Crippen molar-refractivity contribution in [1.29, 1.82) is 0 Å². The summed E-state index contributed by atoms with van der Waals surface area (Å²) < 4.78 is 52.2. The summed E-state index contributed by atoms with van der Waals surface area (Å²) in [5, 5.41) is 2.13. The number of aryl methyl sites for hydroxylation is 4. The predicted octanol–water partition coefficient (Wildman–Crippen LogP) is 10.5. The third-order valence-corrected chi connectivity index (χ3v) is 7.28. The first-order chi connectivity index (χ1) is 20.9. The van der Waals surface area contributed by atoms with Crippen molar-refractivity contribution in [2.75, 3.05) is 12.4 Å². The molecule has 1 amide bonds. The number of ether oxygens (including phenoxy) is 2. The van der Waals surface area contributed by atoms with Crippen LogP contribution in [-0.4, -0.2) is 30.8 Å². The monoisotopic (exact) mass is 629 g/mol. The Morgan fingerprint density at radius 2 is 1.16 bits per heavy atom. The van der Waals surface area contributed by atoms with E-state index in [2.05, 4.69) is 5.32 Å². The standard InChI is InChI=1S/C33H38F3NO4.2C2H6/c1-17-11-13-23(15-19(17)3)25-21(5)26(24-14-12-18(2)20(4)16-24)28(37-31(39)33(34,35)36)22(6)27(25)29(30(38)40-10)41-32(7,8)9;2*1-2/h11-16,29H,1-10H3,(H,37,39);2*1-2H3. The van der Waals surface area contributed by atoms with Crippen LogP contribution in [-0.2, 0) is 19.1 Å². The predicted molar refractivity (Wildman–Crippen MR) is 179 cm³/mol. The first-order valence-corrected chi connectivity index (χ1v) is 15.3. The Kier molecular flexibility index (Phi) is 14.1. The number of hydrogen-bond acceptors (Lipinski definition) is 4. The Hall–Kier alpha value is -3.65. The van der Waals surface area contributed by atoms with E-state index < -0.39 is 29.8 Å². The molecule has 0 aliphatic rings. The molecule has 0 aliphatic carbocycles. The maximum Gasteiger partial charge on any atom is 0.471 e. The van der Waals surface area contributed by atoms with Gasteiger partial charge in [-0.2, -0.15) is 13.2 Å². The smallest absolute Gasteiger partial charge is 0.467 e. The SMILES string of the molecule is CC.CC.COC(=O)C(OC(C)(C)C)c1c(C)c(NC(=O)C(F)(F)F)c(-c2ccc(C)c(C)c2)c(C)c1-c1ccc(C)c(C)c1. The Balaban J connectivity index is 0.00000243. The molecule has 45 heavy (non-hydrogen) atoms. The summed E-state index contributed by atoms with van der Waals surface area (Å²) in [6.07, 6.45) is -6.41. The molecule has 0 fully saturated rings. The van der Waals surface area contributed by atoms with Crippen molar-refractivity contribution in [1.82, 2.24) is 0 Å². The first-order valence-electron chi connectivity index (χ1n) is 15.3. The number of nitrogens with one attached hydrogen (secondary N) is 1. The van der Waals surface area contributed by atoms with Crippen LogP contribution in [0.2, 0.25) is 0 Å². The summed E-state index contributed by atoms with van der Waals surface area (Å²) in [4.78, 5) is 25.7. The fourth-order valence-corrected chi connectivity index (χ4v) is 4.90. The van der Waals surface area contributed by atoms with Crippen molar-refractivity contribution in [3.63, 3.8) is 0 Å². The molecule has 248 valence electrons. The van der Waals surface area contributed by atoms with Crippen LogP contribution in [0.1, 0.15) is 93.5 Å². The summed E-state index contributed by atoms with van der Waals surface area (Å²) in [6, 6.07) is 11.4. The molecular formula is C37H50F3NO4. The van der Waals surface area contributed by atoms with Gasteiger partial charge in [-0.1, -0.05) is 64.1 Å². The summed E-state index contributed by atoms with van der Waals surface area (Å²) in [5.74, 6) is -2.82. The lowest BCUT2D eigenvalue weighted by atomic mass is 9.81. The van der Waals surface area contributed by atoms with Gasteiger partial charge in [-0.05, 0) is 112 Å². The van der Waals surface area contributed by atoms with Gasteiger partial charge in [0.2, 0.25) is 0 Å². The molecule has 1 unspecified atom stereocenters. The molecule has 0 saturated carbocycles. The van der Waals surface area contributed by atoms with E-state index in [0.717, 1.165) is 27.8 Å². The minimum Gasteiger partial charge on any atom is -0.467 e. The van der Waals surface area contributed by atoms with Crippen molar-refractivity contribution in [3.05, 3.63) is 75.3 Å². The fourth-order valence-electron chi connectivity index (χ4n) is 4.90. The van der Waals surface area contributed by atoms with E-state index in [1.807, 2.05) is 91.8 Å². The summed E-state index contributed by atoms with van der Waals surface area (Å²) in [5.41, 5.74) is 6.79. The highest BCUT2D eigenvalue weighted by Crippen LogP contribution is 2.47. The van der Waals surface area contributed by atoms with Crippen LogP contribution in [0.5, 0.6) is 0 Å². The molecule has 0 spiro atoms. The third-order valence-electron chi connectivity index (χ3n) is 7.28. The number of halogens is 3. The summed E-state index contributed by atoms with van der Waals surface area (Å²) in [7, 11) is 1.23. The second-order valence-corrected chi connectivity index (χ2v) is 11.5. The molecule has 3 aromatic rings. The van der Waals surface area contributed by atoms with Gasteiger partial charge in [0.05, 0.1) is 18.4 Å². The van der Waals surface area contributed by atoms with Crippen LogP contribution in [0, 0.1) is 41.5 Å². The van der Waals surface area contributed by atoms with E-state index in [4.69, 9.17) is 9.47 Å². The largest absolute Gasteiger partial charge is 0.471 e. The van der Waals surface area contributed by atoms with Crippen molar-refractivity contribution >= 4 is 17.6 Å². The number of rotatable bonds is 6. The molecule has 8 heteroatoms. The van der Waals surface area contributed by atoms with Crippen LogP contribution in [0.15, 0.2) is 36.4 Å². The van der Waals surface area contributed by atoms with Crippen molar-refractivity contribution in [2.24, 2.45) is 0 Å². The molecule has 0 aromatic heterocycles. The van der Waals surface area contributed by atoms with Crippen LogP contribution < -0.4 is 5.32 Å². The van der Waals surface area contributed by atoms with E-state index >= 15 is 0 Å². The van der Waals surface area contributed by atoms with Crippen LogP contribution in [0.25, 0.3) is 22.3 Å². The van der Waals surface area contributed by atoms with Gasteiger partial charge < -0.3 is 14.8 Å². The van der Waals surface area contributed by atoms with Gasteiger partial charge in [0.25, 0.3) is 0 Å².